The number of nitrogens with zero attached hydrogens (tertiary/aromatic N) is 3. The molecule has 0 saturated carbocycles. The lowest BCUT2D eigenvalue weighted by atomic mass is 10.5. The second kappa shape index (κ2) is 3.66. The molecule has 5 heteroatoms. The molecular formula is C8H9N5. The normalized spacial score (nSPS) is 9.85. The van der Waals surface area contributed by atoms with Crippen LogP contribution in [0.1, 0.15) is 5.82 Å². The van der Waals surface area contributed by atoms with Gasteiger partial charge in [0.05, 0.1) is 12.7 Å². The lowest BCUT2D eigenvalue weighted by molar-refractivity contribution is 0.982. The van der Waals surface area contributed by atoms with Gasteiger partial charge >= 0.3 is 0 Å². The van der Waals surface area contributed by atoms with Crippen LogP contribution in [0.3, 0.4) is 0 Å². The summed E-state index contributed by atoms with van der Waals surface area (Å²) in [7, 11) is 0. The number of anilines is 1. The Morgan fingerprint density at radius 3 is 2.92 bits per heavy atom. The highest BCUT2D eigenvalue weighted by Crippen LogP contribution is 1.99. The summed E-state index contributed by atoms with van der Waals surface area (Å²) in [5, 5.41) is 3.08. The Labute approximate surface area is 75.3 Å². The summed E-state index contributed by atoms with van der Waals surface area (Å²) in [6.07, 6.45) is 8.45. The number of rotatable bonds is 3. The van der Waals surface area contributed by atoms with E-state index in [4.69, 9.17) is 0 Å². The van der Waals surface area contributed by atoms with Gasteiger partial charge in [0.1, 0.15) is 11.6 Å². The molecule has 13 heavy (non-hydrogen) atoms. The van der Waals surface area contributed by atoms with E-state index in [1.807, 2.05) is 0 Å². The number of hydrogen-bond acceptors (Lipinski definition) is 4. The van der Waals surface area contributed by atoms with E-state index in [-0.39, 0.29) is 0 Å². The summed E-state index contributed by atoms with van der Waals surface area (Å²) in [6, 6.07) is 0. The third-order valence-electron chi connectivity index (χ3n) is 1.55. The highest BCUT2D eigenvalue weighted by molar-refractivity contribution is 5.29. The summed E-state index contributed by atoms with van der Waals surface area (Å²) >= 11 is 0. The van der Waals surface area contributed by atoms with Crippen molar-refractivity contribution < 1.29 is 0 Å². The standard InChI is InChI=1S/C8H9N5/c1-2-10-7(5-9-1)13-6-8-11-3-4-12-8/h1-5H,6H2,(H,10,13)(H,11,12). The number of nitrogens with one attached hydrogen (secondary N) is 2. The van der Waals surface area contributed by atoms with Crippen LogP contribution in [0.4, 0.5) is 5.82 Å². The molecule has 0 spiro atoms. The SMILES string of the molecule is c1cnc(NCc2ncc[nH]2)cn1. The molecule has 2 heterocycles. The van der Waals surface area contributed by atoms with Gasteiger partial charge in [-0.1, -0.05) is 0 Å². The van der Waals surface area contributed by atoms with Gasteiger partial charge in [-0.3, -0.25) is 4.98 Å². The van der Waals surface area contributed by atoms with Crippen LogP contribution in [0, 0.1) is 0 Å². The Morgan fingerprint density at radius 1 is 1.23 bits per heavy atom. The molecule has 0 aliphatic carbocycles. The first-order chi connectivity index (χ1) is 6.45. The van der Waals surface area contributed by atoms with E-state index in [2.05, 4.69) is 25.3 Å². The summed E-state index contributed by atoms with van der Waals surface area (Å²) in [5.41, 5.74) is 0. The van der Waals surface area contributed by atoms with Crippen LogP contribution in [-0.2, 0) is 6.54 Å². The van der Waals surface area contributed by atoms with Crippen molar-refractivity contribution in [2.45, 2.75) is 6.54 Å². The van der Waals surface area contributed by atoms with Gasteiger partial charge in [-0.05, 0) is 0 Å². The average molecular weight is 175 g/mol. The predicted octanol–water partition coefficient (Wildman–Crippen LogP) is 0.812. The van der Waals surface area contributed by atoms with Gasteiger partial charge in [0, 0.05) is 24.8 Å². The zero-order chi connectivity index (χ0) is 8.93. The topological polar surface area (TPSA) is 66.5 Å². The van der Waals surface area contributed by atoms with Crippen molar-refractivity contribution >= 4 is 5.82 Å². The fourth-order valence-electron chi connectivity index (χ4n) is 0.959. The Bertz CT molecular complexity index is 342. The van der Waals surface area contributed by atoms with Crippen molar-refractivity contribution in [2.75, 3.05) is 5.32 Å². The first-order valence-electron chi connectivity index (χ1n) is 3.93. The van der Waals surface area contributed by atoms with E-state index in [0.29, 0.717) is 6.54 Å². The van der Waals surface area contributed by atoms with Gasteiger partial charge in [0.15, 0.2) is 0 Å². The second-order valence-corrected chi connectivity index (χ2v) is 2.48. The van der Waals surface area contributed by atoms with Crippen LogP contribution in [0.5, 0.6) is 0 Å². The molecule has 0 aliphatic heterocycles. The van der Waals surface area contributed by atoms with Gasteiger partial charge in [-0.15, -0.1) is 0 Å². The number of hydrogen-bond donors (Lipinski definition) is 2. The third-order valence-corrected chi connectivity index (χ3v) is 1.55. The molecule has 0 radical (unpaired) electrons. The highest BCUT2D eigenvalue weighted by atomic mass is 15.0. The first kappa shape index (κ1) is 7.72. The van der Waals surface area contributed by atoms with Crippen LogP contribution in [0.15, 0.2) is 31.0 Å². The van der Waals surface area contributed by atoms with E-state index in [1.165, 1.54) is 0 Å². The lowest BCUT2D eigenvalue weighted by Gasteiger charge is -2.00. The summed E-state index contributed by atoms with van der Waals surface area (Å²) in [6.45, 7) is 0.631. The molecule has 5 nitrogen and oxygen atoms in total. The van der Waals surface area contributed by atoms with E-state index in [0.717, 1.165) is 11.6 Å². The molecule has 0 bridgehead atoms. The quantitative estimate of drug-likeness (QED) is 0.724. The number of imidazole rings is 1. The molecule has 2 N–H and O–H groups in total. The summed E-state index contributed by atoms with van der Waals surface area (Å²) < 4.78 is 0. The molecule has 2 aromatic rings. The second-order valence-electron chi connectivity index (χ2n) is 2.48. The molecule has 0 saturated heterocycles. The van der Waals surface area contributed by atoms with Gasteiger partial charge in [0.2, 0.25) is 0 Å². The third kappa shape index (κ3) is 2.02. The number of aromatic amines is 1. The Morgan fingerprint density at radius 2 is 2.23 bits per heavy atom. The minimum Gasteiger partial charge on any atom is -0.362 e. The first-order valence-corrected chi connectivity index (χ1v) is 3.93. The zero-order valence-electron chi connectivity index (χ0n) is 6.94. The minimum absolute atomic E-state index is 0.631. The van der Waals surface area contributed by atoms with Gasteiger partial charge in [-0.25, -0.2) is 9.97 Å². The molecule has 0 unspecified atom stereocenters. The van der Waals surface area contributed by atoms with Crippen LogP contribution in [0.25, 0.3) is 0 Å². The molecule has 66 valence electrons. The fourth-order valence-corrected chi connectivity index (χ4v) is 0.959. The molecule has 0 amide bonds. The summed E-state index contributed by atoms with van der Waals surface area (Å²) in [4.78, 5) is 15.0. The van der Waals surface area contributed by atoms with Crippen molar-refractivity contribution in [2.24, 2.45) is 0 Å². The summed E-state index contributed by atoms with van der Waals surface area (Å²) in [5.74, 6) is 1.63. The monoisotopic (exact) mass is 175 g/mol. The van der Waals surface area contributed by atoms with E-state index < -0.39 is 0 Å². The zero-order valence-corrected chi connectivity index (χ0v) is 6.94. The van der Waals surface area contributed by atoms with Crippen molar-refractivity contribution in [3.05, 3.63) is 36.8 Å². The largest absolute Gasteiger partial charge is 0.362 e. The minimum atomic E-state index is 0.631. The Balaban J connectivity index is 1.94. The van der Waals surface area contributed by atoms with Crippen molar-refractivity contribution in [3.63, 3.8) is 0 Å². The Kier molecular flexibility index (Phi) is 2.18. The molecule has 0 aliphatic rings. The van der Waals surface area contributed by atoms with Crippen molar-refractivity contribution in [3.8, 4) is 0 Å². The highest BCUT2D eigenvalue weighted by Gasteiger charge is 1.94. The van der Waals surface area contributed by atoms with Crippen LogP contribution < -0.4 is 5.32 Å². The van der Waals surface area contributed by atoms with Gasteiger partial charge < -0.3 is 10.3 Å². The van der Waals surface area contributed by atoms with Crippen molar-refractivity contribution in [1.29, 1.82) is 0 Å². The van der Waals surface area contributed by atoms with Gasteiger partial charge in [-0.2, -0.15) is 0 Å². The molecule has 2 aromatic heterocycles. The van der Waals surface area contributed by atoms with E-state index >= 15 is 0 Å². The maximum atomic E-state index is 4.07. The Hall–Kier alpha value is -1.91. The average Bonchev–Trinajstić information content (AvgIpc) is 2.69. The number of aromatic nitrogens is 4. The molecule has 2 rings (SSSR count). The van der Waals surface area contributed by atoms with Crippen molar-refractivity contribution in [1.82, 2.24) is 19.9 Å². The van der Waals surface area contributed by atoms with Gasteiger partial charge in [0.25, 0.3) is 0 Å². The molecule has 0 aromatic carbocycles. The van der Waals surface area contributed by atoms with Crippen LogP contribution in [-0.4, -0.2) is 19.9 Å². The predicted molar refractivity (Wildman–Crippen MR) is 47.9 cm³/mol. The van der Waals surface area contributed by atoms with E-state index in [1.54, 1.807) is 31.0 Å². The smallest absolute Gasteiger partial charge is 0.144 e. The lowest BCUT2D eigenvalue weighted by Crippen LogP contribution is -2.02. The molecule has 0 atom stereocenters. The maximum absolute atomic E-state index is 4.07. The molecular weight excluding hydrogens is 166 g/mol. The maximum Gasteiger partial charge on any atom is 0.144 e. The molecule has 0 fully saturated rings. The number of H-pyrrole nitrogens is 1. The van der Waals surface area contributed by atoms with E-state index in [9.17, 15) is 0 Å². The van der Waals surface area contributed by atoms with Crippen LogP contribution >= 0.6 is 0 Å². The van der Waals surface area contributed by atoms with Crippen LogP contribution in [0.2, 0.25) is 0 Å². The fraction of sp³-hybridized carbons (Fsp3) is 0.125.